The Morgan fingerprint density at radius 1 is 1.16 bits per heavy atom. The summed E-state index contributed by atoms with van der Waals surface area (Å²) in [5, 5.41) is 3.42. The Balaban J connectivity index is 1.92. The molecule has 0 amide bonds. The van der Waals surface area contributed by atoms with Gasteiger partial charge in [-0.2, -0.15) is 0 Å². The van der Waals surface area contributed by atoms with Crippen LogP contribution in [0, 0.1) is 5.92 Å². The Labute approximate surface area is 118 Å². The fourth-order valence-corrected chi connectivity index (χ4v) is 2.57. The summed E-state index contributed by atoms with van der Waals surface area (Å²) in [6, 6.07) is 8.94. The third-order valence-electron chi connectivity index (χ3n) is 3.99. The van der Waals surface area contributed by atoms with E-state index >= 15 is 0 Å². The van der Waals surface area contributed by atoms with Gasteiger partial charge < -0.3 is 5.32 Å². The molecule has 2 heteroatoms. The summed E-state index contributed by atoms with van der Waals surface area (Å²) in [5.41, 5.74) is 3.03. The first-order chi connectivity index (χ1) is 9.33. The average molecular weight is 260 g/mol. The SMILES string of the molecule is CCNCCc1ccccc1CN(CC)CC1CC1. The summed E-state index contributed by atoms with van der Waals surface area (Å²) in [6.07, 6.45) is 4.03. The molecular formula is C17H28N2. The van der Waals surface area contributed by atoms with Gasteiger partial charge in [0.25, 0.3) is 0 Å². The number of nitrogens with zero attached hydrogens (tertiary/aromatic N) is 1. The molecule has 0 saturated heterocycles. The van der Waals surface area contributed by atoms with E-state index in [2.05, 4.69) is 48.3 Å². The molecule has 0 spiro atoms. The van der Waals surface area contributed by atoms with Crippen LogP contribution in [0.2, 0.25) is 0 Å². The van der Waals surface area contributed by atoms with Crippen LogP contribution in [0.25, 0.3) is 0 Å². The van der Waals surface area contributed by atoms with Gasteiger partial charge in [0.1, 0.15) is 0 Å². The van der Waals surface area contributed by atoms with Gasteiger partial charge in [0.05, 0.1) is 0 Å². The van der Waals surface area contributed by atoms with E-state index in [4.69, 9.17) is 0 Å². The van der Waals surface area contributed by atoms with Gasteiger partial charge in [0.2, 0.25) is 0 Å². The van der Waals surface area contributed by atoms with E-state index in [0.717, 1.165) is 38.5 Å². The van der Waals surface area contributed by atoms with Crippen molar-refractivity contribution in [2.24, 2.45) is 5.92 Å². The number of benzene rings is 1. The summed E-state index contributed by atoms with van der Waals surface area (Å²) in [5.74, 6) is 0.980. The van der Waals surface area contributed by atoms with E-state index in [9.17, 15) is 0 Å². The van der Waals surface area contributed by atoms with Crippen molar-refractivity contribution in [3.05, 3.63) is 35.4 Å². The first-order valence-electron chi connectivity index (χ1n) is 7.83. The van der Waals surface area contributed by atoms with Crippen LogP contribution < -0.4 is 5.32 Å². The van der Waals surface area contributed by atoms with E-state index in [0.29, 0.717) is 0 Å². The molecule has 1 aliphatic carbocycles. The third-order valence-corrected chi connectivity index (χ3v) is 3.99. The van der Waals surface area contributed by atoms with Gasteiger partial charge in [-0.1, -0.05) is 38.1 Å². The molecule has 2 nitrogen and oxygen atoms in total. The molecule has 1 fully saturated rings. The molecule has 106 valence electrons. The molecular weight excluding hydrogens is 232 g/mol. The minimum absolute atomic E-state index is 0.980. The van der Waals surface area contributed by atoms with Crippen molar-refractivity contribution < 1.29 is 0 Å². The second kappa shape index (κ2) is 7.66. The molecule has 0 radical (unpaired) electrons. The van der Waals surface area contributed by atoms with Gasteiger partial charge in [-0.15, -0.1) is 0 Å². The molecule has 1 aromatic rings. The average Bonchev–Trinajstić information content (AvgIpc) is 3.24. The normalized spacial score (nSPS) is 15.1. The van der Waals surface area contributed by atoms with Crippen molar-refractivity contribution in [3.8, 4) is 0 Å². The Morgan fingerprint density at radius 3 is 2.53 bits per heavy atom. The number of hydrogen-bond donors (Lipinski definition) is 1. The molecule has 19 heavy (non-hydrogen) atoms. The molecule has 1 saturated carbocycles. The lowest BCUT2D eigenvalue weighted by Gasteiger charge is -2.22. The van der Waals surface area contributed by atoms with Gasteiger partial charge in [-0.25, -0.2) is 0 Å². The Kier molecular flexibility index (Phi) is 5.87. The predicted molar refractivity (Wildman–Crippen MR) is 82.4 cm³/mol. The van der Waals surface area contributed by atoms with Crippen LogP contribution in [0.1, 0.15) is 37.8 Å². The summed E-state index contributed by atoms with van der Waals surface area (Å²) < 4.78 is 0. The van der Waals surface area contributed by atoms with Gasteiger partial charge in [-0.3, -0.25) is 4.90 Å². The lowest BCUT2D eigenvalue weighted by Crippen LogP contribution is -2.26. The van der Waals surface area contributed by atoms with Crippen molar-refractivity contribution in [3.63, 3.8) is 0 Å². The van der Waals surface area contributed by atoms with Crippen LogP contribution in [0.5, 0.6) is 0 Å². The molecule has 1 N–H and O–H groups in total. The number of nitrogens with one attached hydrogen (secondary N) is 1. The fourth-order valence-electron chi connectivity index (χ4n) is 2.57. The molecule has 2 rings (SSSR count). The van der Waals surface area contributed by atoms with Gasteiger partial charge in [0, 0.05) is 13.1 Å². The molecule has 0 unspecified atom stereocenters. The quantitative estimate of drug-likeness (QED) is 0.687. The predicted octanol–water partition coefficient (Wildman–Crippen LogP) is 3.07. The van der Waals surface area contributed by atoms with Crippen LogP contribution >= 0.6 is 0 Å². The minimum atomic E-state index is 0.980. The van der Waals surface area contributed by atoms with Crippen LogP contribution in [-0.4, -0.2) is 31.1 Å². The first-order valence-corrected chi connectivity index (χ1v) is 7.83. The highest BCUT2D eigenvalue weighted by atomic mass is 15.1. The molecule has 0 aliphatic heterocycles. The summed E-state index contributed by atoms with van der Waals surface area (Å²) in [4.78, 5) is 2.60. The zero-order chi connectivity index (χ0) is 13.5. The van der Waals surface area contributed by atoms with Crippen molar-refractivity contribution in [2.75, 3.05) is 26.2 Å². The van der Waals surface area contributed by atoms with E-state index in [1.165, 1.54) is 30.5 Å². The third kappa shape index (κ3) is 4.96. The van der Waals surface area contributed by atoms with E-state index in [1.807, 2.05) is 0 Å². The minimum Gasteiger partial charge on any atom is -0.317 e. The molecule has 0 aromatic heterocycles. The Bertz CT molecular complexity index is 371. The molecule has 0 atom stereocenters. The smallest absolute Gasteiger partial charge is 0.0236 e. The highest BCUT2D eigenvalue weighted by Gasteiger charge is 2.23. The second-order valence-electron chi connectivity index (χ2n) is 5.64. The highest BCUT2D eigenvalue weighted by molar-refractivity contribution is 5.27. The molecule has 0 heterocycles. The summed E-state index contributed by atoms with van der Waals surface area (Å²) in [7, 11) is 0. The number of rotatable bonds is 9. The number of likely N-dealkylation sites (N-methyl/N-ethyl adjacent to an activating group) is 1. The zero-order valence-electron chi connectivity index (χ0n) is 12.5. The maximum absolute atomic E-state index is 3.42. The number of hydrogen-bond acceptors (Lipinski definition) is 2. The molecule has 1 aliphatic rings. The fraction of sp³-hybridized carbons (Fsp3) is 0.647. The van der Waals surface area contributed by atoms with Gasteiger partial charge in [0.15, 0.2) is 0 Å². The van der Waals surface area contributed by atoms with Crippen molar-refractivity contribution in [1.82, 2.24) is 10.2 Å². The largest absolute Gasteiger partial charge is 0.317 e. The van der Waals surface area contributed by atoms with Crippen molar-refractivity contribution >= 4 is 0 Å². The maximum Gasteiger partial charge on any atom is 0.0236 e. The van der Waals surface area contributed by atoms with Crippen molar-refractivity contribution in [1.29, 1.82) is 0 Å². The first kappa shape index (κ1) is 14.5. The lowest BCUT2D eigenvalue weighted by molar-refractivity contribution is 0.267. The molecule has 0 bridgehead atoms. The highest BCUT2D eigenvalue weighted by Crippen LogP contribution is 2.30. The topological polar surface area (TPSA) is 15.3 Å². The zero-order valence-corrected chi connectivity index (χ0v) is 12.5. The van der Waals surface area contributed by atoms with Crippen molar-refractivity contribution in [2.45, 2.75) is 39.7 Å². The van der Waals surface area contributed by atoms with Crippen LogP contribution in [-0.2, 0) is 13.0 Å². The van der Waals surface area contributed by atoms with Crippen LogP contribution in [0.4, 0.5) is 0 Å². The van der Waals surface area contributed by atoms with Crippen LogP contribution in [0.15, 0.2) is 24.3 Å². The molecule has 1 aromatic carbocycles. The standard InChI is InChI=1S/C17H28N2/c1-3-18-12-11-16-7-5-6-8-17(16)14-19(4-2)13-15-9-10-15/h5-8,15,18H,3-4,9-14H2,1-2H3. The summed E-state index contributed by atoms with van der Waals surface area (Å²) in [6.45, 7) is 10.2. The monoisotopic (exact) mass is 260 g/mol. The Morgan fingerprint density at radius 2 is 1.89 bits per heavy atom. The lowest BCUT2D eigenvalue weighted by atomic mass is 10.0. The van der Waals surface area contributed by atoms with Gasteiger partial charge in [-0.05, 0) is 55.9 Å². The van der Waals surface area contributed by atoms with E-state index in [1.54, 1.807) is 0 Å². The summed E-state index contributed by atoms with van der Waals surface area (Å²) >= 11 is 0. The second-order valence-corrected chi connectivity index (χ2v) is 5.64. The Hall–Kier alpha value is -0.860. The maximum atomic E-state index is 3.42. The van der Waals surface area contributed by atoms with E-state index in [-0.39, 0.29) is 0 Å². The van der Waals surface area contributed by atoms with Crippen LogP contribution in [0.3, 0.4) is 0 Å². The van der Waals surface area contributed by atoms with Gasteiger partial charge >= 0.3 is 0 Å². The van der Waals surface area contributed by atoms with E-state index < -0.39 is 0 Å².